The molecule has 0 saturated heterocycles. The second-order valence-corrected chi connectivity index (χ2v) is 3.83. The van der Waals surface area contributed by atoms with Gasteiger partial charge in [-0.2, -0.15) is 5.10 Å². The fraction of sp³-hybridized carbons (Fsp3) is 0.111. The summed E-state index contributed by atoms with van der Waals surface area (Å²) in [4.78, 5) is 10.9. The highest BCUT2D eigenvalue weighted by Crippen LogP contribution is 2.26. The molecule has 0 aliphatic carbocycles. The zero-order valence-corrected chi connectivity index (χ0v) is 8.86. The Balaban J connectivity index is 2.45. The minimum atomic E-state index is -0.585. The maximum Gasteiger partial charge on any atom is 0.246 e. The summed E-state index contributed by atoms with van der Waals surface area (Å²) in [6.07, 6.45) is 0.0980. The third kappa shape index (κ3) is 1.96. The van der Waals surface area contributed by atoms with Crippen LogP contribution in [0.5, 0.6) is 0 Å². The van der Waals surface area contributed by atoms with E-state index in [4.69, 9.17) is 23.2 Å². The van der Waals surface area contributed by atoms with Crippen molar-refractivity contribution in [3.63, 3.8) is 0 Å². The number of carbonyl (C=O) groups excluding carboxylic acids is 1. The van der Waals surface area contributed by atoms with E-state index in [0.717, 1.165) is 0 Å². The molecule has 0 spiro atoms. The number of amides is 1. The zero-order chi connectivity index (χ0) is 11.0. The first-order valence-electron chi connectivity index (χ1n) is 4.08. The molecule has 15 heavy (non-hydrogen) atoms. The van der Waals surface area contributed by atoms with Crippen LogP contribution in [0.2, 0.25) is 10.0 Å². The predicted octanol–water partition coefficient (Wildman–Crippen LogP) is 2.36. The van der Waals surface area contributed by atoms with Crippen LogP contribution in [-0.4, -0.2) is 11.6 Å². The van der Waals surface area contributed by atoms with Crippen molar-refractivity contribution in [3.05, 3.63) is 33.6 Å². The summed E-state index contributed by atoms with van der Waals surface area (Å²) in [5.41, 5.74) is 3.07. The van der Waals surface area contributed by atoms with E-state index in [9.17, 15) is 9.18 Å². The first-order valence-corrected chi connectivity index (χ1v) is 4.84. The minimum Gasteiger partial charge on any atom is -0.273 e. The summed E-state index contributed by atoms with van der Waals surface area (Å²) in [6.45, 7) is 0. The summed E-state index contributed by atoms with van der Waals surface area (Å²) in [5.74, 6) is -0.824. The van der Waals surface area contributed by atoms with Gasteiger partial charge in [0, 0.05) is 5.56 Å². The molecule has 6 heteroatoms. The molecule has 1 N–H and O–H groups in total. The van der Waals surface area contributed by atoms with Gasteiger partial charge < -0.3 is 0 Å². The van der Waals surface area contributed by atoms with Crippen molar-refractivity contribution in [2.45, 2.75) is 6.42 Å². The number of carbonyl (C=O) groups is 1. The molecule has 1 aliphatic rings. The van der Waals surface area contributed by atoms with E-state index in [1.165, 1.54) is 12.1 Å². The topological polar surface area (TPSA) is 41.5 Å². The Morgan fingerprint density at radius 1 is 1.33 bits per heavy atom. The Hall–Kier alpha value is -1.13. The number of benzene rings is 1. The van der Waals surface area contributed by atoms with Crippen molar-refractivity contribution < 1.29 is 9.18 Å². The molecule has 1 amide bonds. The van der Waals surface area contributed by atoms with Gasteiger partial charge in [0.2, 0.25) is 5.91 Å². The lowest BCUT2D eigenvalue weighted by Crippen LogP contribution is -2.09. The fourth-order valence-corrected chi connectivity index (χ4v) is 1.75. The normalized spacial score (nSPS) is 15.1. The van der Waals surface area contributed by atoms with E-state index in [0.29, 0.717) is 11.3 Å². The van der Waals surface area contributed by atoms with Gasteiger partial charge in [0.15, 0.2) is 0 Å². The van der Waals surface area contributed by atoms with E-state index in [-0.39, 0.29) is 22.4 Å². The van der Waals surface area contributed by atoms with Crippen LogP contribution in [0.25, 0.3) is 0 Å². The highest BCUT2D eigenvalue weighted by Gasteiger charge is 2.19. The first kappa shape index (κ1) is 10.4. The van der Waals surface area contributed by atoms with Crippen LogP contribution in [-0.2, 0) is 4.79 Å². The van der Waals surface area contributed by atoms with Gasteiger partial charge in [0.05, 0.1) is 22.2 Å². The van der Waals surface area contributed by atoms with Crippen molar-refractivity contribution >= 4 is 34.8 Å². The van der Waals surface area contributed by atoms with Gasteiger partial charge in [-0.3, -0.25) is 4.79 Å². The maximum atomic E-state index is 13.2. The van der Waals surface area contributed by atoms with Crippen molar-refractivity contribution in [1.29, 1.82) is 0 Å². The van der Waals surface area contributed by atoms with Crippen molar-refractivity contribution in [3.8, 4) is 0 Å². The van der Waals surface area contributed by atoms with Crippen molar-refractivity contribution in [1.82, 2.24) is 5.43 Å². The van der Waals surface area contributed by atoms with Crippen LogP contribution < -0.4 is 5.43 Å². The molecule has 0 unspecified atom stereocenters. The van der Waals surface area contributed by atoms with E-state index in [1.54, 1.807) is 0 Å². The lowest BCUT2D eigenvalue weighted by molar-refractivity contribution is -0.119. The molecule has 3 nitrogen and oxygen atoms in total. The fourth-order valence-electron chi connectivity index (χ4n) is 1.26. The highest BCUT2D eigenvalue weighted by molar-refractivity contribution is 6.37. The molecular formula is C9H5Cl2FN2O. The largest absolute Gasteiger partial charge is 0.273 e. The third-order valence-electron chi connectivity index (χ3n) is 1.96. The molecule has 2 rings (SSSR count). The molecule has 0 fully saturated rings. The van der Waals surface area contributed by atoms with Crippen LogP contribution in [0.3, 0.4) is 0 Å². The van der Waals surface area contributed by atoms with Gasteiger partial charge in [-0.15, -0.1) is 0 Å². The zero-order valence-electron chi connectivity index (χ0n) is 7.35. The molecule has 0 atom stereocenters. The highest BCUT2D eigenvalue weighted by atomic mass is 35.5. The molecular weight excluding hydrogens is 242 g/mol. The summed E-state index contributed by atoms with van der Waals surface area (Å²) in [7, 11) is 0. The molecule has 78 valence electrons. The Labute approximate surface area is 94.9 Å². The Morgan fingerprint density at radius 3 is 2.67 bits per heavy atom. The van der Waals surface area contributed by atoms with Gasteiger partial charge >= 0.3 is 0 Å². The quantitative estimate of drug-likeness (QED) is 0.760. The number of nitrogens with zero attached hydrogens (tertiary/aromatic N) is 1. The van der Waals surface area contributed by atoms with Crippen LogP contribution in [0.15, 0.2) is 17.2 Å². The second-order valence-electron chi connectivity index (χ2n) is 3.02. The van der Waals surface area contributed by atoms with Crippen LogP contribution in [0.1, 0.15) is 12.0 Å². The number of hydrazone groups is 1. The number of nitrogens with one attached hydrogen (secondary N) is 1. The SMILES string of the molecule is O=C1CC(c2cc(F)c(Cl)cc2Cl)=NN1. The monoisotopic (exact) mass is 246 g/mol. The summed E-state index contributed by atoms with van der Waals surface area (Å²) >= 11 is 11.4. The van der Waals surface area contributed by atoms with Gasteiger partial charge in [-0.25, -0.2) is 9.82 Å². The van der Waals surface area contributed by atoms with Crippen LogP contribution in [0.4, 0.5) is 4.39 Å². The predicted molar refractivity (Wildman–Crippen MR) is 55.7 cm³/mol. The van der Waals surface area contributed by atoms with Gasteiger partial charge in [-0.1, -0.05) is 23.2 Å². The summed E-state index contributed by atoms with van der Waals surface area (Å²) in [5, 5.41) is 3.96. The third-order valence-corrected chi connectivity index (χ3v) is 2.57. The maximum absolute atomic E-state index is 13.2. The second kappa shape index (κ2) is 3.79. The molecule has 1 aromatic rings. The molecule has 0 aromatic heterocycles. The molecule has 1 aromatic carbocycles. The van der Waals surface area contributed by atoms with E-state index < -0.39 is 5.82 Å². The Kier molecular flexibility index (Phi) is 2.63. The lowest BCUT2D eigenvalue weighted by Gasteiger charge is -2.03. The standard InChI is InChI=1S/C9H5Cl2FN2O/c10-5-2-6(11)7(12)1-4(5)8-3-9(15)14-13-8/h1-2H,3H2,(H,14,15). The van der Waals surface area contributed by atoms with Crippen LogP contribution >= 0.6 is 23.2 Å². The first-order chi connectivity index (χ1) is 7.08. The van der Waals surface area contributed by atoms with E-state index >= 15 is 0 Å². The van der Waals surface area contributed by atoms with E-state index in [1.807, 2.05) is 0 Å². The summed E-state index contributed by atoms with van der Waals surface area (Å²) < 4.78 is 13.2. The Morgan fingerprint density at radius 2 is 2.07 bits per heavy atom. The summed E-state index contributed by atoms with van der Waals surface area (Å²) in [6, 6.07) is 2.46. The van der Waals surface area contributed by atoms with Crippen molar-refractivity contribution in [2.24, 2.45) is 5.10 Å². The molecule has 1 heterocycles. The number of halogens is 3. The number of hydrogen-bond acceptors (Lipinski definition) is 2. The van der Waals surface area contributed by atoms with Gasteiger partial charge in [0.1, 0.15) is 5.82 Å². The van der Waals surface area contributed by atoms with E-state index in [2.05, 4.69) is 10.5 Å². The number of rotatable bonds is 1. The Bertz CT molecular complexity index is 473. The van der Waals surface area contributed by atoms with Crippen molar-refractivity contribution in [2.75, 3.05) is 0 Å². The minimum absolute atomic E-state index is 0.0540. The van der Waals surface area contributed by atoms with Gasteiger partial charge in [-0.05, 0) is 12.1 Å². The molecule has 0 saturated carbocycles. The average molecular weight is 247 g/mol. The van der Waals surface area contributed by atoms with Gasteiger partial charge in [0.25, 0.3) is 0 Å². The average Bonchev–Trinajstić information content (AvgIpc) is 2.58. The molecule has 0 bridgehead atoms. The lowest BCUT2D eigenvalue weighted by atomic mass is 10.1. The molecule has 1 aliphatic heterocycles. The smallest absolute Gasteiger partial charge is 0.246 e. The molecule has 0 radical (unpaired) electrons. The number of hydrogen-bond donors (Lipinski definition) is 1. The van der Waals surface area contributed by atoms with Crippen LogP contribution in [0, 0.1) is 5.82 Å².